The number of aromatic amines is 1. The predicted octanol–water partition coefficient (Wildman–Crippen LogP) is 4.02. The highest BCUT2D eigenvalue weighted by molar-refractivity contribution is 7.99. The summed E-state index contributed by atoms with van der Waals surface area (Å²) < 4.78 is 5.44. The van der Waals surface area contributed by atoms with Crippen LogP contribution in [-0.4, -0.2) is 52.5 Å². The second-order valence-corrected chi connectivity index (χ2v) is 10.0. The Balaban J connectivity index is 1.23. The highest BCUT2D eigenvalue weighted by Gasteiger charge is 2.22. The molecule has 6 nitrogen and oxygen atoms in total. The van der Waals surface area contributed by atoms with Gasteiger partial charge in [-0.25, -0.2) is 4.98 Å². The fourth-order valence-electron chi connectivity index (χ4n) is 4.56. The molecule has 7 heteroatoms. The van der Waals surface area contributed by atoms with E-state index in [0.717, 1.165) is 74.9 Å². The topological polar surface area (TPSA) is 70.2 Å². The van der Waals surface area contributed by atoms with Gasteiger partial charge in [-0.3, -0.25) is 9.69 Å². The molecule has 3 heterocycles. The van der Waals surface area contributed by atoms with Gasteiger partial charge in [0.25, 0.3) is 5.56 Å². The highest BCUT2D eigenvalue weighted by atomic mass is 32.2. The van der Waals surface area contributed by atoms with Crippen LogP contribution in [0.1, 0.15) is 30.7 Å². The normalized spacial score (nSPS) is 20.1. The number of likely N-dealkylation sites (tertiary alicyclic amines) is 1. The lowest BCUT2D eigenvalue weighted by atomic mass is 10.2. The number of hydrogen-bond donors (Lipinski definition) is 2. The maximum Gasteiger partial charge on any atom is 0.258 e. The van der Waals surface area contributed by atoms with E-state index in [1.807, 2.05) is 30.0 Å². The van der Waals surface area contributed by atoms with Gasteiger partial charge in [-0.15, -0.1) is 0 Å². The lowest BCUT2D eigenvalue weighted by molar-refractivity contribution is 0.1000. The van der Waals surface area contributed by atoms with E-state index < -0.39 is 0 Å². The van der Waals surface area contributed by atoms with E-state index in [2.05, 4.69) is 45.5 Å². The van der Waals surface area contributed by atoms with Gasteiger partial charge in [-0.1, -0.05) is 30.3 Å². The minimum atomic E-state index is -0.0565. The van der Waals surface area contributed by atoms with Crippen LogP contribution >= 0.6 is 11.8 Å². The van der Waals surface area contributed by atoms with E-state index in [-0.39, 0.29) is 5.56 Å². The van der Waals surface area contributed by atoms with Crippen LogP contribution in [0.15, 0.2) is 53.3 Å². The molecule has 2 saturated heterocycles. The molecule has 0 saturated carbocycles. The van der Waals surface area contributed by atoms with E-state index in [1.165, 1.54) is 5.56 Å². The largest absolute Gasteiger partial charge is 0.381 e. The summed E-state index contributed by atoms with van der Waals surface area (Å²) in [4.78, 5) is 22.8. The third kappa shape index (κ3) is 5.34. The van der Waals surface area contributed by atoms with Gasteiger partial charge in [0.15, 0.2) is 0 Å². The molecule has 5 rings (SSSR count). The first-order valence-electron chi connectivity index (χ1n) is 11.5. The Labute approximate surface area is 192 Å². The third-order valence-corrected chi connectivity index (χ3v) is 7.65. The molecule has 0 bridgehead atoms. The zero-order valence-electron chi connectivity index (χ0n) is 18.3. The molecular weight excluding hydrogens is 420 g/mol. The van der Waals surface area contributed by atoms with Crippen molar-refractivity contribution in [3.8, 4) is 0 Å². The van der Waals surface area contributed by atoms with Crippen molar-refractivity contribution in [3.63, 3.8) is 0 Å². The second-order valence-electron chi connectivity index (χ2n) is 8.72. The van der Waals surface area contributed by atoms with Crippen molar-refractivity contribution in [2.24, 2.45) is 0 Å². The summed E-state index contributed by atoms with van der Waals surface area (Å²) in [6, 6.07) is 16.9. The summed E-state index contributed by atoms with van der Waals surface area (Å²) in [6.07, 6.45) is 3.25. The van der Waals surface area contributed by atoms with Crippen molar-refractivity contribution in [2.75, 3.05) is 31.6 Å². The number of aromatic nitrogens is 2. The number of nitrogens with zero attached hydrogens (tertiary/aromatic N) is 2. The van der Waals surface area contributed by atoms with Crippen LogP contribution in [-0.2, 0) is 17.0 Å². The SMILES string of the molecule is O=c1[nH]c(CSC2CCOCC2)nc2cc(NC3CCN(Cc4ccccc4)C3)ccc12. The van der Waals surface area contributed by atoms with Gasteiger partial charge in [0.05, 0.1) is 16.7 Å². The summed E-state index contributed by atoms with van der Waals surface area (Å²) in [5, 5.41) is 4.89. The number of fused-ring (bicyclic) bond motifs is 1. The average Bonchev–Trinajstić information content (AvgIpc) is 3.25. The molecule has 0 aliphatic carbocycles. The molecule has 1 unspecified atom stereocenters. The fourth-order valence-corrected chi connectivity index (χ4v) is 5.61. The van der Waals surface area contributed by atoms with Crippen molar-refractivity contribution < 1.29 is 4.74 Å². The maximum absolute atomic E-state index is 12.6. The van der Waals surface area contributed by atoms with Gasteiger partial charge < -0.3 is 15.0 Å². The van der Waals surface area contributed by atoms with Gasteiger partial charge >= 0.3 is 0 Å². The molecule has 2 aliphatic rings. The van der Waals surface area contributed by atoms with Crippen molar-refractivity contribution in [1.29, 1.82) is 0 Å². The van der Waals surface area contributed by atoms with E-state index in [4.69, 9.17) is 9.72 Å². The van der Waals surface area contributed by atoms with Crippen LogP contribution in [0.2, 0.25) is 0 Å². The van der Waals surface area contributed by atoms with Gasteiger partial charge in [0.1, 0.15) is 5.82 Å². The average molecular weight is 451 g/mol. The number of H-pyrrole nitrogens is 1. The monoisotopic (exact) mass is 450 g/mol. The number of anilines is 1. The van der Waals surface area contributed by atoms with E-state index in [9.17, 15) is 4.79 Å². The quantitative estimate of drug-likeness (QED) is 0.567. The molecule has 0 spiro atoms. The molecule has 2 aliphatic heterocycles. The zero-order chi connectivity index (χ0) is 21.8. The van der Waals surface area contributed by atoms with Crippen LogP contribution < -0.4 is 10.9 Å². The molecule has 3 aromatic rings. The highest BCUT2D eigenvalue weighted by Crippen LogP contribution is 2.25. The first kappa shape index (κ1) is 21.5. The fraction of sp³-hybridized carbons (Fsp3) is 0.440. The van der Waals surface area contributed by atoms with Gasteiger partial charge in [-0.2, -0.15) is 11.8 Å². The summed E-state index contributed by atoms with van der Waals surface area (Å²) >= 11 is 1.87. The van der Waals surface area contributed by atoms with E-state index in [0.29, 0.717) is 16.7 Å². The Kier molecular flexibility index (Phi) is 6.76. The zero-order valence-corrected chi connectivity index (χ0v) is 19.1. The van der Waals surface area contributed by atoms with Crippen LogP contribution in [0.3, 0.4) is 0 Å². The Hall–Kier alpha value is -2.35. The summed E-state index contributed by atoms with van der Waals surface area (Å²) in [6.45, 7) is 4.76. The number of nitrogens with one attached hydrogen (secondary N) is 2. The number of hydrogen-bond acceptors (Lipinski definition) is 6. The Morgan fingerprint density at radius 2 is 1.97 bits per heavy atom. The molecule has 0 radical (unpaired) electrons. The molecule has 2 aromatic carbocycles. The number of rotatable bonds is 7. The predicted molar refractivity (Wildman–Crippen MR) is 131 cm³/mol. The standard InChI is InChI=1S/C25H30N4O2S/c30-25-22-7-6-19(26-20-8-11-29(16-20)15-18-4-2-1-3-5-18)14-23(22)27-24(28-25)17-32-21-9-12-31-13-10-21/h1-7,14,20-21,26H,8-13,15-17H2,(H,27,28,30). The number of benzene rings is 2. The molecule has 1 aromatic heterocycles. The Morgan fingerprint density at radius 1 is 1.12 bits per heavy atom. The lowest BCUT2D eigenvalue weighted by Crippen LogP contribution is -2.26. The minimum Gasteiger partial charge on any atom is -0.381 e. The molecule has 32 heavy (non-hydrogen) atoms. The van der Waals surface area contributed by atoms with E-state index in [1.54, 1.807) is 0 Å². The van der Waals surface area contributed by atoms with Gasteiger partial charge in [0, 0.05) is 49.8 Å². The van der Waals surface area contributed by atoms with Crippen LogP contribution in [0, 0.1) is 0 Å². The molecule has 2 N–H and O–H groups in total. The summed E-state index contributed by atoms with van der Waals surface area (Å²) in [7, 11) is 0. The van der Waals surface area contributed by atoms with Gasteiger partial charge in [0.2, 0.25) is 0 Å². The van der Waals surface area contributed by atoms with Gasteiger partial charge in [-0.05, 0) is 43.0 Å². The Morgan fingerprint density at radius 3 is 2.81 bits per heavy atom. The van der Waals surface area contributed by atoms with E-state index >= 15 is 0 Å². The first-order valence-corrected chi connectivity index (χ1v) is 12.5. The maximum atomic E-state index is 12.6. The van der Waals surface area contributed by atoms with Crippen molar-refractivity contribution in [1.82, 2.24) is 14.9 Å². The molecular formula is C25H30N4O2S. The smallest absolute Gasteiger partial charge is 0.258 e. The molecule has 0 amide bonds. The van der Waals surface area contributed by atoms with Crippen molar-refractivity contribution >= 4 is 28.4 Å². The minimum absolute atomic E-state index is 0.0565. The molecule has 1 atom stereocenters. The molecule has 168 valence electrons. The first-order chi connectivity index (χ1) is 15.7. The second kappa shape index (κ2) is 10.1. The van der Waals surface area contributed by atoms with Crippen molar-refractivity contribution in [3.05, 3.63) is 70.3 Å². The lowest BCUT2D eigenvalue weighted by Gasteiger charge is -2.21. The summed E-state index contributed by atoms with van der Waals surface area (Å²) in [5.41, 5.74) is 3.10. The number of ether oxygens (including phenoxy) is 1. The van der Waals surface area contributed by atoms with Crippen LogP contribution in [0.4, 0.5) is 5.69 Å². The van der Waals surface area contributed by atoms with Crippen LogP contribution in [0.25, 0.3) is 10.9 Å². The Bertz CT molecular complexity index is 1100. The number of thioether (sulfide) groups is 1. The van der Waals surface area contributed by atoms with Crippen molar-refractivity contribution in [2.45, 2.75) is 42.9 Å². The third-order valence-electron chi connectivity index (χ3n) is 6.27. The summed E-state index contributed by atoms with van der Waals surface area (Å²) in [5.74, 6) is 1.48. The van der Waals surface area contributed by atoms with Crippen LogP contribution in [0.5, 0.6) is 0 Å². The molecule has 2 fully saturated rings.